The summed E-state index contributed by atoms with van der Waals surface area (Å²) in [7, 11) is 1.33. The van der Waals surface area contributed by atoms with E-state index in [1.165, 1.54) is 12.7 Å². The van der Waals surface area contributed by atoms with E-state index in [1.807, 2.05) is 62.4 Å². The summed E-state index contributed by atoms with van der Waals surface area (Å²) in [6, 6.07) is 15.1. The number of rotatable bonds is 6. The lowest BCUT2D eigenvalue weighted by molar-refractivity contribution is -0.142. The summed E-state index contributed by atoms with van der Waals surface area (Å²) < 4.78 is 14.6. The average molecular weight is 330 g/mol. The van der Waals surface area contributed by atoms with Crippen molar-refractivity contribution in [2.24, 2.45) is 0 Å². The number of carbonyl (C=O) groups is 2. The third-order valence-electron chi connectivity index (χ3n) is 2.94. The minimum atomic E-state index is -0.374. The van der Waals surface area contributed by atoms with E-state index in [-0.39, 0.29) is 19.2 Å². The molecule has 0 saturated carbocycles. The van der Waals surface area contributed by atoms with Crippen LogP contribution in [0.1, 0.15) is 11.1 Å². The molecule has 0 aliphatic carbocycles. The summed E-state index contributed by atoms with van der Waals surface area (Å²) in [4.78, 5) is 20.6. The number of hydrogen-bond acceptors (Lipinski definition) is 5. The summed E-state index contributed by atoms with van der Waals surface area (Å²) in [6.45, 7) is 4.08. The van der Waals surface area contributed by atoms with Gasteiger partial charge in [0.1, 0.15) is 18.1 Å². The number of aryl methyl sites for hydroxylation is 2. The molecule has 128 valence electrons. The molecular weight excluding hydrogens is 308 g/mol. The molecule has 2 aromatic rings. The molecule has 0 unspecified atom stereocenters. The molecule has 0 heterocycles. The maximum atomic E-state index is 10.7. The topological polar surface area (TPSA) is 61.8 Å². The van der Waals surface area contributed by atoms with E-state index in [2.05, 4.69) is 4.74 Å². The highest BCUT2D eigenvalue weighted by Gasteiger charge is 2.00. The number of methoxy groups -OCH3 is 1. The van der Waals surface area contributed by atoms with Crippen molar-refractivity contribution in [3.8, 4) is 11.5 Å². The van der Waals surface area contributed by atoms with E-state index in [9.17, 15) is 9.59 Å². The van der Waals surface area contributed by atoms with Gasteiger partial charge in [-0.2, -0.15) is 0 Å². The van der Waals surface area contributed by atoms with Crippen LogP contribution in [-0.4, -0.2) is 32.6 Å². The molecule has 0 spiro atoms. The number of carbonyl (C=O) groups excluding carboxylic acids is 2. The van der Waals surface area contributed by atoms with E-state index in [4.69, 9.17) is 9.47 Å². The zero-order chi connectivity index (χ0) is 17.8. The van der Waals surface area contributed by atoms with Crippen molar-refractivity contribution in [1.82, 2.24) is 0 Å². The van der Waals surface area contributed by atoms with Gasteiger partial charge >= 0.3 is 5.97 Å². The minimum absolute atomic E-state index is 0.0421. The van der Waals surface area contributed by atoms with Crippen molar-refractivity contribution >= 4 is 12.3 Å². The Morgan fingerprint density at radius 3 is 1.75 bits per heavy atom. The SMILES string of the molecule is COC(=O)COc1ccc(C)cc1.Cc1ccc(OCC=O)cc1. The molecule has 5 nitrogen and oxygen atoms in total. The van der Waals surface area contributed by atoms with Crippen LogP contribution in [0.4, 0.5) is 0 Å². The predicted molar refractivity (Wildman–Crippen MR) is 91.4 cm³/mol. The third kappa shape index (κ3) is 7.98. The number of aldehydes is 1. The van der Waals surface area contributed by atoms with Gasteiger partial charge < -0.3 is 14.2 Å². The molecule has 0 aliphatic heterocycles. The van der Waals surface area contributed by atoms with Crippen molar-refractivity contribution in [2.75, 3.05) is 20.3 Å². The molecule has 5 heteroatoms. The van der Waals surface area contributed by atoms with E-state index >= 15 is 0 Å². The molecule has 24 heavy (non-hydrogen) atoms. The third-order valence-corrected chi connectivity index (χ3v) is 2.94. The van der Waals surface area contributed by atoms with E-state index < -0.39 is 0 Å². The van der Waals surface area contributed by atoms with E-state index in [1.54, 1.807) is 0 Å². The monoisotopic (exact) mass is 330 g/mol. The molecule has 0 saturated heterocycles. The van der Waals surface area contributed by atoms with Crippen LogP contribution in [0.5, 0.6) is 11.5 Å². The number of benzene rings is 2. The molecule has 0 amide bonds. The second-order valence-electron chi connectivity index (χ2n) is 4.97. The van der Waals surface area contributed by atoms with Crippen LogP contribution in [0.2, 0.25) is 0 Å². The predicted octanol–water partition coefficient (Wildman–Crippen LogP) is 3.12. The zero-order valence-corrected chi connectivity index (χ0v) is 14.2. The number of ether oxygens (including phenoxy) is 3. The lowest BCUT2D eigenvalue weighted by Gasteiger charge is -2.04. The van der Waals surface area contributed by atoms with Crippen molar-refractivity contribution in [3.63, 3.8) is 0 Å². The van der Waals surface area contributed by atoms with Gasteiger partial charge in [-0.15, -0.1) is 0 Å². The van der Waals surface area contributed by atoms with Crippen LogP contribution in [0.25, 0.3) is 0 Å². The second kappa shape index (κ2) is 10.8. The number of esters is 1. The first-order chi connectivity index (χ1) is 11.5. The standard InChI is InChI=1S/C10H12O3.C9H10O2/c1-8-3-5-9(6-4-8)13-7-10(11)12-2;1-8-2-4-9(5-3-8)11-7-6-10/h3-6H,7H2,1-2H3;2-6H,7H2,1H3. The van der Waals surface area contributed by atoms with Crippen LogP contribution in [-0.2, 0) is 14.3 Å². The highest BCUT2D eigenvalue weighted by atomic mass is 16.6. The lowest BCUT2D eigenvalue weighted by atomic mass is 10.2. The van der Waals surface area contributed by atoms with Gasteiger partial charge in [-0.3, -0.25) is 4.79 Å². The largest absolute Gasteiger partial charge is 0.486 e. The van der Waals surface area contributed by atoms with E-state index in [0.29, 0.717) is 5.75 Å². The molecule has 0 aliphatic rings. The molecule has 0 N–H and O–H groups in total. The Hall–Kier alpha value is -2.82. The van der Waals surface area contributed by atoms with Crippen molar-refractivity contribution in [3.05, 3.63) is 59.7 Å². The van der Waals surface area contributed by atoms with Crippen LogP contribution in [0.15, 0.2) is 48.5 Å². The summed E-state index contributed by atoms with van der Waals surface area (Å²) in [5, 5.41) is 0. The van der Waals surface area contributed by atoms with E-state index in [0.717, 1.165) is 17.6 Å². The van der Waals surface area contributed by atoms with Gasteiger partial charge in [0.25, 0.3) is 0 Å². The summed E-state index contributed by atoms with van der Waals surface area (Å²) in [5.41, 5.74) is 2.34. The molecular formula is C19H22O5. The van der Waals surface area contributed by atoms with Crippen molar-refractivity contribution in [2.45, 2.75) is 13.8 Å². The zero-order valence-electron chi connectivity index (χ0n) is 14.2. The Morgan fingerprint density at radius 2 is 1.33 bits per heavy atom. The fourth-order valence-electron chi connectivity index (χ4n) is 1.60. The molecule has 0 bridgehead atoms. The van der Waals surface area contributed by atoms with Crippen molar-refractivity contribution in [1.29, 1.82) is 0 Å². The Labute approximate surface area is 142 Å². The van der Waals surface area contributed by atoms with Crippen LogP contribution >= 0.6 is 0 Å². The molecule has 2 rings (SSSR count). The molecule has 0 aromatic heterocycles. The first-order valence-corrected chi connectivity index (χ1v) is 7.44. The van der Waals surface area contributed by atoms with Gasteiger partial charge in [0.2, 0.25) is 0 Å². The number of hydrogen-bond donors (Lipinski definition) is 0. The Kier molecular flexibility index (Phi) is 8.68. The Balaban J connectivity index is 0.000000243. The highest BCUT2D eigenvalue weighted by molar-refractivity contribution is 5.70. The van der Waals surface area contributed by atoms with Gasteiger partial charge in [-0.1, -0.05) is 35.4 Å². The molecule has 0 radical (unpaired) electrons. The molecule has 0 atom stereocenters. The lowest BCUT2D eigenvalue weighted by Crippen LogP contribution is -2.12. The van der Waals surface area contributed by atoms with Gasteiger partial charge in [-0.05, 0) is 38.1 Å². The summed E-state index contributed by atoms with van der Waals surface area (Å²) in [6.07, 6.45) is 0.736. The quantitative estimate of drug-likeness (QED) is 0.601. The second-order valence-corrected chi connectivity index (χ2v) is 4.97. The fourth-order valence-corrected chi connectivity index (χ4v) is 1.60. The van der Waals surface area contributed by atoms with Crippen LogP contribution < -0.4 is 9.47 Å². The Bertz CT molecular complexity index is 617. The molecule has 2 aromatic carbocycles. The fraction of sp³-hybridized carbons (Fsp3) is 0.263. The minimum Gasteiger partial charge on any atom is -0.486 e. The van der Waals surface area contributed by atoms with Crippen LogP contribution in [0.3, 0.4) is 0 Å². The van der Waals surface area contributed by atoms with Gasteiger partial charge in [-0.25, -0.2) is 4.79 Å². The maximum Gasteiger partial charge on any atom is 0.343 e. The highest BCUT2D eigenvalue weighted by Crippen LogP contribution is 2.11. The average Bonchev–Trinajstić information content (AvgIpc) is 2.61. The molecule has 0 fully saturated rings. The first kappa shape index (κ1) is 19.2. The van der Waals surface area contributed by atoms with Crippen LogP contribution in [0, 0.1) is 13.8 Å². The Morgan fingerprint density at radius 1 is 0.875 bits per heavy atom. The maximum absolute atomic E-state index is 10.7. The van der Waals surface area contributed by atoms with Gasteiger partial charge in [0.15, 0.2) is 12.9 Å². The van der Waals surface area contributed by atoms with Gasteiger partial charge in [0, 0.05) is 0 Å². The summed E-state index contributed by atoms with van der Waals surface area (Å²) >= 11 is 0. The normalized spacial score (nSPS) is 9.29. The van der Waals surface area contributed by atoms with Gasteiger partial charge in [0.05, 0.1) is 7.11 Å². The van der Waals surface area contributed by atoms with Crippen molar-refractivity contribution < 1.29 is 23.8 Å². The smallest absolute Gasteiger partial charge is 0.343 e. The summed E-state index contributed by atoms with van der Waals surface area (Å²) in [5.74, 6) is 1.04. The first-order valence-electron chi connectivity index (χ1n) is 7.44.